The van der Waals surface area contributed by atoms with Crippen LogP contribution in [-0.2, 0) is 26.2 Å². The number of carbonyl (C=O) groups excluding carboxylic acids is 2. The molecule has 0 spiro atoms. The fourth-order valence-electron chi connectivity index (χ4n) is 4.01. The highest BCUT2D eigenvalue weighted by atomic mass is 35.5. The molecule has 2 amide bonds. The van der Waals surface area contributed by atoms with Gasteiger partial charge >= 0.3 is 0 Å². The molecular formula is C29H33ClFN3O4S. The van der Waals surface area contributed by atoms with Gasteiger partial charge in [0.1, 0.15) is 18.4 Å². The Hall–Kier alpha value is -3.43. The number of nitrogens with zero attached hydrogens (tertiary/aromatic N) is 2. The maximum absolute atomic E-state index is 13.9. The summed E-state index contributed by atoms with van der Waals surface area (Å²) in [6.45, 7) is 6.90. The molecule has 1 unspecified atom stereocenters. The predicted molar refractivity (Wildman–Crippen MR) is 152 cm³/mol. The van der Waals surface area contributed by atoms with Gasteiger partial charge < -0.3 is 10.2 Å². The zero-order chi connectivity index (χ0) is 28.7. The highest BCUT2D eigenvalue weighted by Crippen LogP contribution is 2.29. The van der Waals surface area contributed by atoms with E-state index in [2.05, 4.69) is 5.32 Å². The molecule has 39 heavy (non-hydrogen) atoms. The number of rotatable bonds is 11. The minimum atomic E-state index is -4.18. The van der Waals surface area contributed by atoms with Crippen LogP contribution in [0.1, 0.15) is 37.0 Å². The molecule has 1 atom stereocenters. The average molecular weight is 574 g/mol. The second kappa shape index (κ2) is 13.1. The number of halogens is 2. The third-order valence-electron chi connectivity index (χ3n) is 6.30. The second-order valence-corrected chi connectivity index (χ2v) is 11.7. The van der Waals surface area contributed by atoms with Gasteiger partial charge in [-0.1, -0.05) is 48.4 Å². The Balaban J connectivity index is 2.05. The van der Waals surface area contributed by atoms with E-state index in [1.54, 1.807) is 44.2 Å². The Bertz CT molecular complexity index is 1410. The van der Waals surface area contributed by atoms with Gasteiger partial charge in [-0.05, 0) is 80.8 Å². The molecule has 0 aliphatic rings. The Morgan fingerprint density at radius 1 is 1.00 bits per heavy atom. The van der Waals surface area contributed by atoms with Crippen LogP contribution in [0.4, 0.5) is 10.1 Å². The lowest BCUT2D eigenvalue weighted by atomic mass is 10.1. The first kappa shape index (κ1) is 30.1. The lowest BCUT2D eigenvalue weighted by Crippen LogP contribution is -2.51. The van der Waals surface area contributed by atoms with Crippen molar-refractivity contribution >= 4 is 39.1 Å². The van der Waals surface area contributed by atoms with Crippen LogP contribution in [0.5, 0.6) is 0 Å². The minimum Gasteiger partial charge on any atom is -0.354 e. The van der Waals surface area contributed by atoms with Crippen molar-refractivity contribution in [3.8, 4) is 0 Å². The van der Waals surface area contributed by atoms with Crippen molar-refractivity contribution in [1.82, 2.24) is 10.2 Å². The van der Waals surface area contributed by atoms with Gasteiger partial charge in [0.2, 0.25) is 11.8 Å². The summed E-state index contributed by atoms with van der Waals surface area (Å²) < 4.78 is 42.3. The molecule has 0 saturated carbocycles. The van der Waals surface area contributed by atoms with Crippen molar-refractivity contribution in [3.05, 3.63) is 94.3 Å². The SMILES string of the molecule is CCCNC(=O)C(C)N(Cc1ccc(F)cc1)C(=O)CN(c1ccc(Cl)cc1C)S(=O)(=O)c1ccc(C)cc1. The van der Waals surface area contributed by atoms with E-state index in [-0.39, 0.29) is 23.0 Å². The van der Waals surface area contributed by atoms with Gasteiger partial charge in [-0.2, -0.15) is 0 Å². The van der Waals surface area contributed by atoms with Gasteiger partial charge in [-0.25, -0.2) is 12.8 Å². The van der Waals surface area contributed by atoms with Crippen molar-refractivity contribution in [1.29, 1.82) is 0 Å². The first-order valence-electron chi connectivity index (χ1n) is 12.6. The molecule has 0 saturated heterocycles. The molecule has 0 bridgehead atoms. The summed E-state index contributed by atoms with van der Waals surface area (Å²) in [6, 6.07) is 15.8. The van der Waals surface area contributed by atoms with Gasteiger partial charge in [-0.15, -0.1) is 0 Å². The fraction of sp³-hybridized carbons (Fsp3) is 0.310. The summed E-state index contributed by atoms with van der Waals surface area (Å²) in [5, 5.41) is 3.21. The molecule has 3 aromatic rings. The molecule has 3 rings (SSSR count). The summed E-state index contributed by atoms with van der Waals surface area (Å²) in [5.41, 5.74) is 2.33. The van der Waals surface area contributed by atoms with Gasteiger partial charge in [0.05, 0.1) is 10.6 Å². The van der Waals surface area contributed by atoms with Gasteiger partial charge in [0, 0.05) is 18.1 Å². The van der Waals surface area contributed by atoms with Crippen molar-refractivity contribution in [3.63, 3.8) is 0 Å². The molecule has 0 heterocycles. The van der Waals surface area contributed by atoms with Gasteiger partial charge in [0.15, 0.2) is 0 Å². The molecule has 0 fully saturated rings. The quantitative estimate of drug-likeness (QED) is 0.340. The van der Waals surface area contributed by atoms with Crippen LogP contribution in [0.15, 0.2) is 71.6 Å². The molecular weight excluding hydrogens is 541 g/mol. The number of aryl methyl sites for hydroxylation is 2. The van der Waals surface area contributed by atoms with Crippen molar-refractivity contribution in [2.75, 3.05) is 17.4 Å². The Morgan fingerprint density at radius 3 is 2.23 bits per heavy atom. The van der Waals surface area contributed by atoms with Crippen LogP contribution in [0.3, 0.4) is 0 Å². The molecule has 0 radical (unpaired) electrons. The number of nitrogens with one attached hydrogen (secondary N) is 1. The summed E-state index contributed by atoms with van der Waals surface area (Å²) in [4.78, 5) is 28.1. The first-order valence-corrected chi connectivity index (χ1v) is 14.4. The molecule has 0 aromatic heterocycles. The van der Waals surface area contributed by atoms with E-state index in [1.165, 1.54) is 41.3 Å². The van der Waals surface area contributed by atoms with E-state index in [1.807, 2.05) is 13.8 Å². The van der Waals surface area contributed by atoms with Crippen LogP contribution in [0, 0.1) is 19.7 Å². The third kappa shape index (κ3) is 7.58. The monoisotopic (exact) mass is 573 g/mol. The molecule has 208 valence electrons. The zero-order valence-corrected chi connectivity index (χ0v) is 24.0. The number of hydrogen-bond donors (Lipinski definition) is 1. The van der Waals surface area contributed by atoms with Crippen molar-refractivity contribution in [2.24, 2.45) is 0 Å². The molecule has 0 aliphatic carbocycles. The smallest absolute Gasteiger partial charge is 0.264 e. The lowest BCUT2D eigenvalue weighted by Gasteiger charge is -2.32. The number of anilines is 1. The van der Waals surface area contributed by atoms with E-state index in [9.17, 15) is 22.4 Å². The number of carbonyl (C=O) groups is 2. The number of hydrogen-bond acceptors (Lipinski definition) is 4. The number of benzene rings is 3. The number of amides is 2. The third-order valence-corrected chi connectivity index (χ3v) is 8.31. The second-order valence-electron chi connectivity index (χ2n) is 9.37. The van der Waals surface area contributed by atoms with Crippen LogP contribution in [-0.4, -0.2) is 44.3 Å². The number of sulfonamides is 1. The van der Waals surface area contributed by atoms with Crippen LogP contribution >= 0.6 is 11.6 Å². The van der Waals surface area contributed by atoms with Crippen LogP contribution in [0.2, 0.25) is 5.02 Å². The van der Waals surface area contributed by atoms with E-state index < -0.39 is 34.3 Å². The van der Waals surface area contributed by atoms with Gasteiger partial charge in [-0.3, -0.25) is 13.9 Å². The summed E-state index contributed by atoms with van der Waals surface area (Å²) in [5.74, 6) is -1.40. The predicted octanol–water partition coefficient (Wildman–Crippen LogP) is 5.23. The molecule has 7 nitrogen and oxygen atoms in total. The summed E-state index contributed by atoms with van der Waals surface area (Å²) in [6.07, 6.45) is 0.711. The average Bonchev–Trinajstić information content (AvgIpc) is 2.90. The Morgan fingerprint density at radius 2 is 1.64 bits per heavy atom. The molecule has 0 aliphatic heterocycles. The minimum absolute atomic E-state index is 0.0160. The van der Waals surface area contributed by atoms with Crippen molar-refractivity contribution < 1.29 is 22.4 Å². The standard InChI is InChI=1S/C29H33ClFN3O4S/c1-5-16-32-29(36)22(4)33(18-23-8-11-25(31)12-9-23)28(35)19-34(27-15-10-24(30)17-21(27)3)39(37,38)26-13-6-20(2)7-14-26/h6-15,17,22H,5,16,18-19H2,1-4H3,(H,32,36). The van der Waals surface area contributed by atoms with E-state index in [4.69, 9.17) is 11.6 Å². The zero-order valence-electron chi connectivity index (χ0n) is 22.4. The largest absolute Gasteiger partial charge is 0.354 e. The van der Waals surface area contributed by atoms with Crippen molar-refractivity contribution in [2.45, 2.75) is 51.6 Å². The maximum atomic E-state index is 13.9. The molecule has 10 heteroatoms. The first-order chi connectivity index (χ1) is 18.4. The highest BCUT2D eigenvalue weighted by Gasteiger charge is 2.33. The highest BCUT2D eigenvalue weighted by molar-refractivity contribution is 7.92. The summed E-state index contributed by atoms with van der Waals surface area (Å²) >= 11 is 6.13. The van der Waals surface area contributed by atoms with E-state index >= 15 is 0 Å². The Kier molecular flexibility index (Phi) is 10.1. The van der Waals surface area contributed by atoms with Crippen LogP contribution < -0.4 is 9.62 Å². The van der Waals surface area contributed by atoms with Crippen LogP contribution in [0.25, 0.3) is 0 Å². The lowest BCUT2D eigenvalue weighted by molar-refractivity contribution is -0.139. The Labute approximate surface area is 234 Å². The van der Waals surface area contributed by atoms with E-state index in [0.717, 1.165) is 9.87 Å². The van der Waals surface area contributed by atoms with E-state index in [0.29, 0.717) is 29.1 Å². The normalized spacial score (nSPS) is 12.1. The topological polar surface area (TPSA) is 86.8 Å². The maximum Gasteiger partial charge on any atom is 0.264 e. The molecule has 1 N–H and O–H groups in total. The summed E-state index contributed by atoms with van der Waals surface area (Å²) in [7, 11) is -4.18. The fourth-order valence-corrected chi connectivity index (χ4v) is 5.72. The van der Waals surface area contributed by atoms with Gasteiger partial charge in [0.25, 0.3) is 10.0 Å². The molecule has 3 aromatic carbocycles.